The summed E-state index contributed by atoms with van der Waals surface area (Å²) in [7, 11) is 1.67. The average Bonchev–Trinajstić information content (AvgIpc) is 2.17. The topological polar surface area (TPSA) is 20.3 Å². The zero-order chi connectivity index (χ0) is 11.4. The van der Waals surface area contributed by atoms with Crippen LogP contribution in [0.25, 0.3) is 0 Å². The van der Waals surface area contributed by atoms with Crippen LogP contribution in [0.4, 0.5) is 4.39 Å². The number of hydrogen-bond acceptors (Lipinski definition) is 1. The van der Waals surface area contributed by atoms with Gasteiger partial charge in [-0.1, -0.05) is 0 Å². The minimum atomic E-state index is -0.330. The summed E-state index contributed by atoms with van der Waals surface area (Å²) in [5.41, 5.74) is 1.16. The van der Waals surface area contributed by atoms with Gasteiger partial charge in [0.2, 0.25) is 0 Å². The summed E-state index contributed by atoms with van der Waals surface area (Å²) in [6.07, 6.45) is 0. The zero-order valence-corrected chi connectivity index (χ0v) is 9.51. The van der Waals surface area contributed by atoms with E-state index in [0.717, 1.165) is 0 Å². The maximum absolute atomic E-state index is 12.8. The minimum absolute atomic E-state index is 0.131. The van der Waals surface area contributed by atoms with Gasteiger partial charge in [0, 0.05) is 25.0 Å². The van der Waals surface area contributed by atoms with Crippen molar-refractivity contribution in [3.8, 4) is 0 Å². The highest BCUT2D eigenvalue weighted by Gasteiger charge is 2.13. The molecule has 0 N–H and O–H groups in total. The predicted octanol–water partition coefficient (Wildman–Crippen LogP) is 2.44. The van der Waals surface area contributed by atoms with Crippen LogP contribution in [0, 0.1) is 12.7 Å². The molecule has 0 bridgehead atoms. The molecule has 1 aromatic rings. The van der Waals surface area contributed by atoms with E-state index in [1.165, 1.54) is 23.1 Å². The fraction of sp³-hybridized carbons (Fsp3) is 0.364. The zero-order valence-electron chi connectivity index (χ0n) is 8.76. The molecule has 0 radical (unpaired) electrons. The SMILES string of the molecule is Cc1cc(F)ccc1C(=O)N(C)CCCl. The highest BCUT2D eigenvalue weighted by atomic mass is 35.5. The molecule has 15 heavy (non-hydrogen) atoms. The van der Waals surface area contributed by atoms with Crippen molar-refractivity contribution in [1.82, 2.24) is 4.90 Å². The van der Waals surface area contributed by atoms with Crippen molar-refractivity contribution in [2.24, 2.45) is 0 Å². The monoisotopic (exact) mass is 229 g/mol. The van der Waals surface area contributed by atoms with E-state index in [0.29, 0.717) is 23.6 Å². The molecule has 0 atom stereocenters. The lowest BCUT2D eigenvalue weighted by Gasteiger charge is -2.16. The van der Waals surface area contributed by atoms with E-state index in [9.17, 15) is 9.18 Å². The molecule has 0 spiro atoms. The van der Waals surface area contributed by atoms with Crippen molar-refractivity contribution in [1.29, 1.82) is 0 Å². The van der Waals surface area contributed by atoms with Crippen LogP contribution in [0.2, 0.25) is 0 Å². The Bertz CT molecular complexity index is 368. The molecule has 0 unspecified atom stereocenters. The predicted molar refractivity (Wildman–Crippen MR) is 58.8 cm³/mol. The number of amides is 1. The molecule has 1 aromatic carbocycles. The van der Waals surface area contributed by atoms with Crippen LogP contribution in [0.3, 0.4) is 0 Å². The molecular formula is C11H13ClFNO. The van der Waals surface area contributed by atoms with E-state index in [1.807, 2.05) is 0 Å². The first-order chi connectivity index (χ1) is 7.06. The highest BCUT2D eigenvalue weighted by molar-refractivity contribution is 6.18. The number of nitrogens with zero attached hydrogens (tertiary/aromatic N) is 1. The quantitative estimate of drug-likeness (QED) is 0.729. The van der Waals surface area contributed by atoms with Crippen LogP contribution in [0.15, 0.2) is 18.2 Å². The van der Waals surface area contributed by atoms with E-state index in [2.05, 4.69) is 0 Å². The maximum Gasteiger partial charge on any atom is 0.253 e. The van der Waals surface area contributed by atoms with E-state index < -0.39 is 0 Å². The van der Waals surface area contributed by atoms with Crippen molar-refractivity contribution in [2.75, 3.05) is 19.5 Å². The molecule has 0 aliphatic rings. The number of rotatable bonds is 3. The molecule has 0 saturated heterocycles. The van der Waals surface area contributed by atoms with Gasteiger partial charge in [0.05, 0.1) is 0 Å². The molecule has 0 aliphatic heterocycles. The first-order valence-electron chi connectivity index (χ1n) is 4.64. The Morgan fingerprint density at radius 3 is 2.73 bits per heavy atom. The van der Waals surface area contributed by atoms with Crippen LogP contribution in [0.5, 0.6) is 0 Å². The minimum Gasteiger partial charge on any atom is -0.341 e. The van der Waals surface area contributed by atoms with Crippen LogP contribution >= 0.6 is 11.6 Å². The first kappa shape index (κ1) is 12.0. The number of carbonyl (C=O) groups excluding carboxylic acids is 1. The normalized spacial score (nSPS) is 10.1. The smallest absolute Gasteiger partial charge is 0.253 e. The third kappa shape index (κ3) is 2.93. The number of aryl methyl sites for hydroxylation is 1. The summed E-state index contributed by atoms with van der Waals surface area (Å²) in [5.74, 6) is -0.0696. The van der Waals surface area contributed by atoms with Gasteiger partial charge in [0.1, 0.15) is 5.82 Å². The molecule has 82 valence electrons. The third-order valence-electron chi connectivity index (χ3n) is 2.19. The second kappa shape index (κ2) is 5.12. The van der Waals surface area contributed by atoms with Gasteiger partial charge < -0.3 is 4.90 Å². The molecule has 1 amide bonds. The molecule has 1 rings (SSSR count). The number of benzene rings is 1. The van der Waals surface area contributed by atoms with Crippen molar-refractivity contribution in [3.63, 3.8) is 0 Å². The van der Waals surface area contributed by atoms with E-state index in [-0.39, 0.29) is 11.7 Å². The lowest BCUT2D eigenvalue weighted by molar-refractivity contribution is 0.0802. The largest absolute Gasteiger partial charge is 0.341 e. The number of halogens is 2. The molecule has 0 fully saturated rings. The second-order valence-corrected chi connectivity index (χ2v) is 3.75. The van der Waals surface area contributed by atoms with Crippen molar-refractivity contribution in [2.45, 2.75) is 6.92 Å². The Kier molecular flexibility index (Phi) is 4.09. The Hall–Kier alpha value is -1.09. The number of carbonyl (C=O) groups is 1. The Labute approximate surface area is 93.6 Å². The second-order valence-electron chi connectivity index (χ2n) is 3.37. The van der Waals surface area contributed by atoms with E-state index in [1.54, 1.807) is 14.0 Å². The third-order valence-corrected chi connectivity index (χ3v) is 2.35. The summed E-state index contributed by atoms with van der Waals surface area (Å²) in [5, 5.41) is 0. The van der Waals surface area contributed by atoms with Gasteiger partial charge in [0.25, 0.3) is 5.91 Å². The van der Waals surface area contributed by atoms with Gasteiger partial charge in [-0.2, -0.15) is 0 Å². The van der Waals surface area contributed by atoms with Gasteiger partial charge in [-0.3, -0.25) is 4.79 Å². The van der Waals surface area contributed by atoms with E-state index >= 15 is 0 Å². The van der Waals surface area contributed by atoms with Crippen molar-refractivity contribution < 1.29 is 9.18 Å². The molecule has 0 saturated carbocycles. The van der Waals surface area contributed by atoms with Gasteiger partial charge in [-0.05, 0) is 30.7 Å². The van der Waals surface area contributed by atoms with E-state index in [4.69, 9.17) is 11.6 Å². The molecule has 0 aliphatic carbocycles. The lowest BCUT2D eigenvalue weighted by Crippen LogP contribution is -2.29. The fourth-order valence-corrected chi connectivity index (χ4v) is 1.55. The van der Waals surface area contributed by atoms with Crippen molar-refractivity contribution >= 4 is 17.5 Å². The number of hydrogen-bond donors (Lipinski definition) is 0. The van der Waals surface area contributed by atoms with Gasteiger partial charge in [-0.25, -0.2) is 4.39 Å². The van der Waals surface area contributed by atoms with Gasteiger partial charge in [0.15, 0.2) is 0 Å². The maximum atomic E-state index is 12.8. The Balaban J connectivity index is 2.91. The summed E-state index contributed by atoms with van der Waals surface area (Å²) < 4.78 is 12.8. The van der Waals surface area contributed by atoms with Crippen LogP contribution in [0.1, 0.15) is 15.9 Å². The molecule has 0 aromatic heterocycles. The molecule has 0 heterocycles. The molecule has 4 heteroatoms. The Morgan fingerprint density at radius 1 is 1.53 bits per heavy atom. The Morgan fingerprint density at radius 2 is 2.20 bits per heavy atom. The fourth-order valence-electron chi connectivity index (χ4n) is 1.30. The summed E-state index contributed by atoms with van der Waals surface area (Å²) in [6, 6.07) is 4.13. The van der Waals surface area contributed by atoms with Gasteiger partial charge >= 0.3 is 0 Å². The van der Waals surface area contributed by atoms with Crippen LogP contribution in [-0.4, -0.2) is 30.3 Å². The summed E-state index contributed by atoms with van der Waals surface area (Å²) in [4.78, 5) is 13.3. The first-order valence-corrected chi connectivity index (χ1v) is 5.17. The highest BCUT2D eigenvalue weighted by Crippen LogP contribution is 2.12. The molecular weight excluding hydrogens is 217 g/mol. The standard InChI is InChI=1S/C11H13ClFNO/c1-8-7-9(13)3-4-10(8)11(15)14(2)6-5-12/h3-4,7H,5-6H2,1-2H3. The lowest BCUT2D eigenvalue weighted by atomic mass is 10.1. The van der Waals surface area contributed by atoms with Crippen molar-refractivity contribution in [3.05, 3.63) is 35.1 Å². The average molecular weight is 230 g/mol. The number of alkyl halides is 1. The van der Waals surface area contributed by atoms with Gasteiger partial charge in [-0.15, -0.1) is 11.6 Å². The van der Waals surface area contributed by atoms with Crippen LogP contribution < -0.4 is 0 Å². The summed E-state index contributed by atoms with van der Waals surface area (Å²) in [6.45, 7) is 2.20. The van der Waals surface area contributed by atoms with Crippen LogP contribution in [-0.2, 0) is 0 Å². The summed E-state index contributed by atoms with van der Waals surface area (Å²) >= 11 is 5.54. The molecule has 2 nitrogen and oxygen atoms in total.